The zero-order valence-corrected chi connectivity index (χ0v) is 13.5. The van der Waals surface area contributed by atoms with Gasteiger partial charge in [-0.05, 0) is 31.9 Å². The van der Waals surface area contributed by atoms with Gasteiger partial charge < -0.3 is 10.2 Å². The molecule has 1 aliphatic heterocycles. The molecule has 0 bridgehead atoms. The quantitative estimate of drug-likeness (QED) is 0.496. The van der Waals surface area contributed by atoms with E-state index < -0.39 is 0 Å². The zero-order chi connectivity index (χ0) is 11.4. The number of thiophene rings is 1. The molecule has 2 heterocycles. The van der Waals surface area contributed by atoms with E-state index in [1.165, 1.54) is 22.6 Å². The highest BCUT2D eigenvalue weighted by Crippen LogP contribution is 2.15. The predicted molar refractivity (Wildman–Crippen MR) is 85.5 cm³/mol. The Morgan fingerprint density at radius 3 is 2.65 bits per heavy atom. The van der Waals surface area contributed by atoms with Gasteiger partial charge in [0.15, 0.2) is 5.96 Å². The second-order valence-electron chi connectivity index (χ2n) is 4.11. The number of nitrogens with zero attached hydrogens (tertiary/aromatic N) is 2. The Bertz CT molecular complexity index is 370. The van der Waals surface area contributed by atoms with Crippen LogP contribution in [-0.4, -0.2) is 31.0 Å². The standard InChI is InChI=1S/C12H19N3S.HI/c1-10-5-6-11(16-10)9-14-12(13-2)15-7-3-4-8-15;/h5-6H,3-4,7-9H2,1-2H3,(H,13,14);1H. The fourth-order valence-electron chi connectivity index (χ4n) is 2.01. The van der Waals surface area contributed by atoms with Crippen LogP contribution in [0, 0.1) is 6.92 Å². The SMILES string of the molecule is CN=C(NCc1ccc(C)s1)N1CCCC1.I. The Labute approximate surface area is 124 Å². The van der Waals surface area contributed by atoms with Crippen LogP contribution in [0.2, 0.25) is 0 Å². The molecule has 17 heavy (non-hydrogen) atoms. The molecule has 1 aromatic rings. The van der Waals surface area contributed by atoms with Crippen molar-refractivity contribution in [1.29, 1.82) is 0 Å². The Kier molecular flexibility index (Phi) is 6.26. The molecule has 0 spiro atoms. The van der Waals surface area contributed by atoms with Gasteiger partial charge in [-0.15, -0.1) is 35.3 Å². The summed E-state index contributed by atoms with van der Waals surface area (Å²) in [4.78, 5) is 9.40. The van der Waals surface area contributed by atoms with Gasteiger partial charge in [0.2, 0.25) is 0 Å². The number of aryl methyl sites for hydroxylation is 1. The van der Waals surface area contributed by atoms with Gasteiger partial charge in [-0.2, -0.15) is 0 Å². The van der Waals surface area contributed by atoms with Gasteiger partial charge in [0.05, 0.1) is 6.54 Å². The van der Waals surface area contributed by atoms with E-state index in [4.69, 9.17) is 0 Å². The average molecular weight is 365 g/mol. The number of aliphatic imine (C=N–C) groups is 1. The van der Waals surface area contributed by atoms with Gasteiger partial charge in [-0.3, -0.25) is 4.99 Å². The van der Waals surface area contributed by atoms with Crippen LogP contribution in [0.25, 0.3) is 0 Å². The normalized spacial score (nSPS) is 15.9. The number of halogens is 1. The molecule has 0 atom stereocenters. The van der Waals surface area contributed by atoms with Crippen LogP contribution < -0.4 is 5.32 Å². The summed E-state index contributed by atoms with van der Waals surface area (Å²) in [6.07, 6.45) is 2.58. The summed E-state index contributed by atoms with van der Waals surface area (Å²) < 4.78 is 0. The summed E-state index contributed by atoms with van der Waals surface area (Å²) in [5, 5.41) is 3.43. The van der Waals surface area contributed by atoms with Crippen molar-refractivity contribution < 1.29 is 0 Å². The van der Waals surface area contributed by atoms with Crippen LogP contribution in [0.15, 0.2) is 17.1 Å². The highest BCUT2D eigenvalue weighted by Gasteiger charge is 2.15. The van der Waals surface area contributed by atoms with Crippen LogP contribution >= 0.6 is 35.3 Å². The highest BCUT2D eigenvalue weighted by atomic mass is 127. The minimum atomic E-state index is 0. The number of likely N-dealkylation sites (tertiary alicyclic amines) is 1. The lowest BCUT2D eigenvalue weighted by molar-refractivity contribution is 0.494. The van der Waals surface area contributed by atoms with Crippen molar-refractivity contribution >= 4 is 41.3 Å². The van der Waals surface area contributed by atoms with Crippen molar-refractivity contribution in [3.05, 3.63) is 21.9 Å². The van der Waals surface area contributed by atoms with Gasteiger partial charge in [0.1, 0.15) is 0 Å². The van der Waals surface area contributed by atoms with Crippen LogP contribution in [-0.2, 0) is 6.54 Å². The third-order valence-corrected chi connectivity index (χ3v) is 3.83. The third-order valence-electron chi connectivity index (χ3n) is 2.83. The molecule has 0 saturated carbocycles. The maximum atomic E-state index is 4.33. The first-order chi connectivity index (χ1) is 7.79. The van der Waals surface area contributed by atoms with Crippen molar-refractivity contribution in [1.82, 2.24) is 10.2 Å². The summed E-state index contributed by atoms with van der Waals surface area (Å²) in [7, 11) is 1.86. The van der Waals surface area contributed by atoms with E-state index in [2.05, 4.69) is 34.3 Å². The van der Waals surface area contributed by atoms with Gasteiger partial charge in [-0.1, -0.05) is 0 Å². The first kappa shape index (κ1) is 14.8. The zero-order valence-electron chi connectivity index (χ0n) is 10.4. The molecule has 1 saturated heterocycles. The summed E-state index contributed by atoms with van der Waals surface area (Å²) in [5.41, 5.74) is 0. The fourth-order valence-corrected chi connectivity index (χ4v) is 2.84. The highest BCUT2D eigenvalue weighted by molar-refractivity contribution is 14.0. The van der Waals surface area contributed by atoms with E-state index in [0.717, 1.165) is 25.6 Å². The molecule has 1 aromatic heterocycles. The molecular weight excluding hydrogens is 345 g/mol. The van der Waals surface area contributed by atoms with Crippen LogP contribution in [0.3, 0.4) is 0 Å². The topological polar surface area (TPSA) is 27.6 Å². The van der Waals surface area contributed by atoms with E-state index in [0.29, 0.717) is 0 Å². The molecule has 0 aromatic carbocycles. The second-order valence-corrected chi connectivity index (χ2v) is 5.48. The van der Waals surface area contributed by atoms with E-state index in [1.54, 1.807) is 0 Å². The smallest absolute Gasteiger partial charge is 0.193 e. The first-order valence-corrected chi connectivity index (χ1v) is 6.62. The minimum Gasteiger partial charge on any atom is -0.351 e. The molecule has 0 unspecified atom stereocenters. The van der Waals surface area contributed by atoms with Gasteiger partial charge in [0, 0.05) is 29.9 Å². The Hall–Kier alpha value is -0.300. The van der Waals surface area contributed by atoms with Crippen molar-refractivity contribution in [2.75, 3.05) is 20.1 Å². The lowest BCUT2D eigenvalue weighted by Gasteiger charge is -2.20. The largest absolute Gasteiger partial charge is 0.351 e. The molecule has 0 aliphatic carbocycles. The third kappa shape index (κ3) is 4.13. The van der Waals surface area contributed by atoms with Crippen molar-refractivity contribution in [2.24, 2.45) is 4.99 Å². The first-order valence-electron chi connectivity index (χ1n) is 5.80. The molecule has 0 radical (unpaired) electrons. The van der Waals surface area contributed by atoms with Gasteiger partial charge >= 0.3 is 0 Å². The van der Waals surface area contributed by atoms with Crippen molar-refractivity contribution in [3.63, 3.8) is 0 Å². The number of nitrogens with one attached hydrogen (secondary N) is 1. The molecule has 1 fully saturated rings. The second kappa shape index (κ2) is 7.20. The van der Waals surface area contributed by atoms with E-state index in [9.17, 15) is 0 Å². The summed E-state index contributed by atoms with van der Waals surface area (Å²) in [6.45, 7) is 5.32. The van der Waals surface area contributed by atoms with E-state index >= 15 is 0 Å². The lowest BCUT2D eigenvalue weighted by atomic mass is 10.4. The summed E-state index contributed by atoms with van der Waals surface area (Å²) in [5.74, 6) is 1.04. The molecule has 96 valence electrons. The number of guanidine groups is 1. The molecule has 5 heteroatoms. The van der Waals surface area contributed by atoms with E-state index in [-0.39, 0.29) is 24.0 Å². The molecule has 2 rings (SSSR count). The van der Waals surface area contributed by atoms with Crippen molar-refractivity contribution in [3.8, 4) is 0 Å². The predicted octanol–water partition coefficient (Wildman–Crippen LogP) is 2.85. The molecule has 3 nitrogen and oxygen atoms in total. The maximum Gasteiger partial charge on any atom is 0.193 e. The fraction of sp³-hybridized carbons (Fsp3) is 0.583. The van der Waals surface area contributed by atoms with Crippen molar-refractivity contribution in [2.45, 2.75) is 26.3 Å². The maximum absolute atomic E-state index is 4.33. The monoisotopic (exact) mass is 365 g/mol. The Morgan fingerprint density at radius 2 is 2.12 bits per heavy atom. The number of rotatable bonds is 2. The van der Waals surface area contributed by atoms with E-state index in [1.807, 2.05) is 18.4 Å². The molecule has 1 aliphatic rings. The number of hydrogen-bond acceptors (Lipinski definition) is 2. The summed E-state index contributed by atoms with van der Waals surface area (Å²) >= 11 is 1.85. The average Bonchev–Trinajstić information content (AvgIpc) is 2.91. The van der Waals surface area contributed by atoms with Crippen LogP contribution in [0.4, 0.5) is 0 Å². The molecular formula is C12H20IN3S. The molecule has 0 amide bonds. The van der Waals surface area contributed by atoms with Gasteiger partial charge in [-0.25, -0.2) is 0 Å². The van der Waals surface area contributed by atoms with Crippen LogP contribution in [0.5, 0.6) is 0 Å². The van der Waals surface area contributed by atoms with Gasteiger partial charge in [0.25, 0.3) is 0 Å². The Morgan fingerprint density at radius 1 is 1.41 bits per heavy atom. The van der Waals surface area contributed by atoms with Crippen LogP contribution in [0.1, 0.15) is 22.6 Å². The minimum absolute atomic E-state index is 0. The molecule has 1 N–H and O–H groups in total. The summed E-state index contributed by atoms with van der Waals surface area (Å²) in [6, 6.07) is 4.35. The Balaban J connectivity index is 0.00000144. The lowest BCUT2D eigenvalue weighted by Crippen LogP contribution is -2.38. The number of hydrogen-bond donors (Lipinski definition) is 1.